The van der Waals surface area contributed by atoms with E-state index in [1.807, 2.05) is 29.1 Å². The first-order chi connectivity index (χ1) is 17.1. The molecule has 1 N–H and O–H groups in total. The summed E-state index contributed by atoms with van der Waals surface area (Å²) in [6.45, 7) is 5.62. The topological polar surface area (TPSA) is 96.0 Å². The minimum atomic E-state index is -0.149. The summed E-state index contributed by atoms with van der Waals surface area (Å²) in [5, 5.41) is 2.68. The number of rotatable bonds is 7. The molecule has 5 heterocycles. The van der Waals surface area contributed by atoms with Crippen LogP contribution in [0.1, 0.15) is 10.6 Å². The van der Waals surface area contributed by atoms with Crippen LogP contribution in [-0.4, -0.2) is 60.7 Å². The zero-order chi connectivity index (χ0) is 23.9. The van der Waals surface area contributed by atoms with E-state index in [2.05, 4.69) is 22.2 Å². The molecular weight excluding hydrogens is 490 g/mol. The predicted molar refractivity (Wildman–Crippen MR) is 134 cm³/mol. The third-order valence-electron chi connectivity index (χ3n) is 5.93. The van der Waals surface area contributed by atoms with Crippen LogP contribution in [0.2, 0.25) is 0 Å². The second-order valence-corrected chi connectivity index (χ2v) is 10.3. The van der Waals surface area contributed by atoms with Gasteiger partial charge in [-0.15, -0.1) is 11.3 Å². The fourth-order valence-electron chi connectivity index (χ4n) is 4.02. The van der Waals surface area contributed by atoms with Crippen molar-refractivity contribution in [1.82, 2.24) is 14.6 Å². The van der Waals surface area contributed by atoms with Crippen molar-refractivity contribution in [3.63, 3.8) is 0 Å². The number of nitrogens with one attached hydrogen (secondary N) is 1. The maximum Gasteiger partial charge on any atom is 0.196 e. The number of nitrogens with zero attached hydrogens (tertiary/aromatic N) is 4. The molecule has 0 radical (unpaired) electrons. The van der Waals surface area contributed by atoms with Crippen molar-refractivity contribution in [2.24, 2.45) is 0 Å². The van der Waals surface area contributed by atoms with Gasteiger partial charge in [0.05, 0.1) is 37.6 Å². The number of fused-ring (bicyclic) bond motifs is 2. The van der Waals surface area contributed by atoms with E-state index in [0.717, 1.165) is 58.2 Å². The van der Waals surface area contributed by atoms with Crippen molar-refractivity contribution in [2.45, 2.75) is 24.2 Å². The lowest BCUT2D eigenvalue weighted by Crippen LogP contribution is -2.36. The summed E-state index contributed by atoms with van der Waals surface area (Å²) in [5.74, 6) is 1.98. The van der Waals surface area contributed by atoms with Crippen LogP contribution in [0.4, 0.5) is 5.13 Å². The van der Waals surface area contributed by atoms with E-state index in [0.29, 0.717) is 29.4 Å². The van der Waals surface area contributed by atoms with E-state index in [9.17, 15) is 0 Å². The summed E-state index contributed by atoms with van der Waals surface area (Å²) < 4.78 is 30.5. The summed E-state index contributed by atoms with van der Waals surface area (Å²) in [6, 6.07) is 5.68. The number of anilines is 1. The first-order valence-electron chi connectivity index (χ1n) is 11.2. The minimum absolute atomic E-state index is 0.149. The Balaban J connectivity index is 1.26. The van der Waals surface area contributed by atoms with Crippen molar-refractivity contribution >= 4 is 39.2 Å². The lowest BCUT2D eigenvalue weighted by molar-refractivity contribution is 0.122. The van der Waals surface area contributed by atoms with Gasteiger partial charge in [0.1, 0.15) is 29.4 Å². The number of furan rings is 1. The molecule has 2 aliphatic rings. The van der Waals surface area contributed by atoms with Crippen molar-refractivity contribution in [3.05, 3.63) is 35.0 Å². The van der Waals surface area contributed by atoms with Gasteiger partial charge in [0, 0.05) is 37.2 Å². The first kappa shape index (κ1) is 22.5. The maximum atomic E-state index is 6.27. The number of hydrogen-bond donors (Lipinski definition) is 1. The van der Waals surface area contributed by atoms with Crippen molar-refractivity contribution in [2.75, 3.05) is 50.8 Å². The van der Waals surface area contributed by atoms with Gasteiger partial charge in [0.15, 0.2) is 21.6 Å². The van der Waals surface area contributed by atoms with E-state index in [-0.39, 0.29) is 5.56 Å². The number of thiazole rings is 1. The fourth-order valence-corrected chi connectivity index (χ4v) is 5.81. The molecule has 4 aromatic rings. The largest absolute Gasteiger partial charge is 0.496 e. The number of benzene rings is 1. The molecule has 10 nitrogen and oxygen atoms in total. The van der Waals surface area contributed by atoms with E-state index in [4.69, 9.17) is 28.3 Å². The highest BCUT2D eigenvalue weighted by atomic mass is 32.2. The summed E-state index contributed by atoms with van der Waals surface area (Å²) in [7, 11) is 3.28. The van der Waals surface area contributed by atoms with Gasteiger partial charge in [0.25, 0.3) is 0 Å². The lowest BCUT2D eigenvalue weighted by Gasteiger charge is -2.26. The number of thioether (sulfide) groups is 1. The van der Waals surface area contributed by atoms with Crippen molar-refractivity contribution in [3.8, 4) is 23.0 Å². The number of aryl methyl sites for hydroxylation is 1. The van der Waals surface area contributed by atoms with Gasteiger partial charge in [-0.3, -0.25) is 5.43 Å². The number of hydrogen-bond acceptors (Lipinski definition) is 11. The molecule has 0 saturated carbocycles. The highest BCUT2D eigenvalue weighted by Gasteiger charge is 2.25. The third kappa shape index (κ3) is 4.31. The molecule has 6 rings (SSSR count). The Hall–Kier alpha value is -2.93. The van der Waals surface area contributed by atoms with Crippen LogP contribution in [-0.2, 0) is 16.1 Å². The Morgan fingerprint density at radius 1 is 1.17 bits per heavy atom. The Morgan fingerprint density at radius 2 is 2.03 bits per heavy atom. The smallest absolute Gasteiger partial charge is 0.196 e. The first-order valence-corrected chi connectivity index (χ1v) is 12.9. The van der Waals surface area contributed by atoms with Gasteiger partial charge in [-0.1, -0.05) is 0 Å². The van der Waals surface area contributed by atoms with E-state index >= 15 is 0 Å². The zero-order valence-corrected chi connectivity index (χ0v) is 21.2. The van der Waals surface area contributed by atoms with Gasteiger partial charge >= 0.3 is 0 Å². The van der Waals surface area contributed by atoms with Gasteiger partial charge in [-0.25, -0.2) is 14.6 Å². The molecule has 1 unspecified atom stereocenters. The molecule has 1 atom stereocenters. The van der Waals surface area contributed by atoms with Crippen molar-refractivity contribution in [1.29, 1.82) is 0 Å². The normalized spacial score (nSPS) is 17.6. The zero-order valence-electron chi connectivity index (χ0n) is 19.6. The summed E-state index contributed by atoms with van der Waals surface area (Å²) >= 11 is 3.19. The van der Waals surface area contributed by atoms with Gasteiger partial charge in [-0.05, 0) is 24.8 Å². The maximum absolute atomic E-state index is 6.27. The molecule has 0 amide bonds. The highest BCUT2D eigenvalue weighted by molar-refractivity contribution is 7.99. The van der Waals surface area contributed by atoms with Crippen LogP contribution in [0.15, 0.2) is 34.0 Å². The van der Waals surface area contributed by atoms with Gasteiger partial charge in [-0.2, -0.15) is 0 Å². The second kappa shape index (κ2) is 9.26. The molecule has 184 valence electrons. The van der Waals surface area contributed by atoms with Crippen LogP contribution >= 0.6 is 23.1 Å². The standard InChI is InChI=1S/C23H25N5O5S2/c1-13-17(25-21(34-13)27-4-6-31-7-5-27)12-32-18-8-14(29-2)9-19-15(18)10-20(33-19)16-11-28-22(24-16)35-23(26-28)30-3/h8-11,23,26H,4-7,12H2,1-3H3. The Bertz CT molecular complexity index is 1340. The molecule has 1 saturated heterocycles. The third-order valence-corrected chi connectivity index (χ3v) is 8.02. The van der Waals surface area contributed by atoms with Gasteiger partial charge < -0.3 is 28.3 Å². The van der Waals surface area contributed by atoms with E-state index < -0.39 is 0 Å². The number of ether oxygens (including phenoxy) is 4. The number of imidazole rings is 1. The Morgan fingerprint density at radius 3 is 2.80 bits per heavy atom. The fraction of sp³-hybridized carbons (Fsp3) is 0.391. The monoisotopic (exact) mass is 515 g/mol. The number of aromatic nitrogens is 3. The molecule has 1 fully saturated rings. The van der Waals surface area contributed by atoms with Crippen LogP contribution in [0.3, 0.4) is 0 Å². The molecule has 1 aromatic carbocycles. The molecule has 2 aliphatic heterocycles. The van der Waals surface area contributed by atoms with E-state index in [1.165, 1.54) is 11.8 Å². The summed E-state index contributed by atoms with van der Waals surface area (Å²) in [4.78, 5) is 12.9. The van der Waals surface area contributed by atoms with E-state index in [1.54, 1.807) is 25.6 Å². The SMILES string of the molecule is COc1cc(OCc2nc(N3CCOCC3)sc2C)c2cc(-c3cn4c(n3)SC(OC)N4)oc2c1. The molecule has 12 heteroatoms. The quantitative estimate of drug-likeness (QED) is 0.388. The van der Waals surface area contributed by atoms with Crippen LogP contribution < -0.4 is 19.8 Å². The average molecular weight is 516 g/mol. The summed E-state index contributed by atoms with van der Waals surface area (Å²) in [6.07, 6.45) is 1.89. The number of methoxy groups -OCH3 is 2. The Kier molecular flexibility index (Phi) is 5.96. The highest BCUT2D eigenvalue weighted by Crippen LogP contribution is 2.39. The lowest BCUT2D eigenvalue weighted by atomic mass is 10.2. The molecule has 0 bridgehead atoms. The molecule has 0 aliphatic carbocycles. The van der Waals surface area contributed by atoms with Gasteiger partial charge in [0.2, 0.25) is 0 Å². The number of morpholine rings is 1. The minimum Gasteiger partial charge on any atom is -0.496 e. The summed E-state index contributed by atoms with van der Waals surface area (Å²) in [5.41, 5.74) is 5.37. The average Bonchev–Trinajstić information content (AvgIpc) is 3.64. The van der Waals surface area contributed by atoms with Crippen LogP contribution in [0, 0.1) is 6.92 Å². The molecule has 0 spiro atoms. The van der Waals surface area contributed by atoms with Crippen molar-refractivity contribution < 1.29 is 23.4 Å². The predicted octanol–water partition coefficient (Wildman–Crippen LogP) is 4.06. The van der Waals surface area contributed by atoms with Crippen LogP contribution in [0.25, 0.3) is 22.4 Å². The molecule has 3 aromatic heterocycles. The second-order valence-electron chi connectivity index (χ2n) is 8.13. The molecular formula is C23H25N5O5S2. The van der Waals surface area contributed by atoms with Crippen LogP contribution in [0.5, 0.6) is 11.5 Å². The molecule has 35 heavy (non-hydrogen) atoms. The Labute approximate surface area is 210 Å².